The molecule has 6 N–H and O–H groups in total. The maximum absolute atomic E-state index is 11.3. The molecule has 8 nitrogen and oxygen atoms in total. The number of hydrogen-bond acceptors (Lipinski definition) is 8. The molecule has 0 saturated heterocycles. The van der Waals surface area contributed by atoms with Crippen LogP contribution in [0, 0.1) is 0 Å². The molecule has 0 spiro atoms. The van der Waals surface area contributed by atoms with Crippen molar-refractivity contribution in [3.63, 3.8) is 0 Å². The molecule has 0 bridgehead atoms. The van der Waals surface area contributed by atoms with E-state index in [2.05, 4.69) is 6.58 Å². The van der Waals surface area contributed by atoms with Crippen LogP contribution in [-0.4, -0.2) is 42.8 Å². The Hall–Kier alpha value is -5.34. The fourth-order valence-corrected chi connectivity index (χ4v) is 5.75. The van der Waals surface area contributed by atoms with E-state index in [0.29, 0.717) is 50.7 Å². The third-order valence-corrected chi connectivity index (χ3v) is 7.54. The van der Waals surface area contributed by atoms with Crippen molar-refractivity contribution < 1.29 is 40.1 Å². The van der Waals surface area contributed by atoms with E-state index in [0.717, 1.165) is 5.56 Å². The van der Waals surface area contributed by atoms with Gasteiger partial charge in [-0.15, -0.1) is 0 Å². The van der Waals surface area contributed by atoms with Crippen LogP contribution in [0.1, 0.15) is 35.1 Å². The number of ether oxygens (including phenoxy) is 2. The summed E-state index contributed by atoms with van der Waals surface area (Å²) in [6.45, 7) is 5.56. The lowest BCUT2D eigenvalue weighted by molar-refractivity contribution is 0.160. The van der Waals surface area contributed by atoms with Gasteiger partial charge >= 0.3 is 0 Å². The van der Waals surface area contributed by atoms with Gasteiger partial charge in [-0.3, -0.25) is 0 Å². The van der Waals surface area contributed by atoms with E-state index in [4.69, 9.17) is 14.6 Å². The lowest BCUT2D eigenvalue weighted by Gasteiger charge is -2.28. The number of allylic oxidation sites excluding steroid dienone is 5. The number of phenolic OH excluding ortho intramolecular Hbond substituents is 4. The van der Waals surface area contributed by atoms with Crippen LogP contribution in [0.5, 0.6) is 34.5 Å². The van der Waals surface area contributed by atoms with Crippen molar-refractivity contribution in [3.05, 3.63) is 125 Å². The van der Waals surface area contributed by atoms with Gasteiger partial charge in [0.15, 0.2) is 0 Å². The van der Waals surface area contributed by atoms with Crippen LogP contribution in [0.15, 0.2) is 102 Å². The highest BCUT2D eigenvalue weighted by Gasteiger charge is 2.54. The van der Waals surface area contributed by atoms with Gasteiger partial charge in [0, 0.05) is 23.3 Å². The second-order valence-electron chi connectivity index (χ2n) is 10.5. The van der Waals surface area contributed by atoms with E-state index in [1.165, 1.54) is 24.3 Å². The summed E-state index contributed by atoms with van der Waals surface area (Å²) >= 11 is 0. The number of benzene rings is 3. The molecule has 1 unspecified atom stereocenters. The number of aromatic hydroxyl groups is 4. The number of aliphatic hydroxyl groups excluding tert-OH is 2. The van der Waals surface area contributed by atoms with Crippen molar-refractivity contribution >= 4 is 17.4 Å². The molecule has 0 amide bonds. The molecule has 8 heteroatoms. The highest BCUT2D eigenvalue weighted by Crippen LogP contribution is 2.63. The summed E-state index contributed by atoms with van der Waals surface area (Å²) in [5.41, 5.74) is 3.34. The first-order chi connectivity index (χ1) is 20.1. The molecule has 0 aromatic heterocycles. The summed E-state index contributed by atoms with van der Waals surface area (Å²) in [5, 5.41) is 60.7. The SMILES string of the molecule is C=C(/C=C\C(O)=C/CO)/C=C\c1cc(O)c2c(c1)OC(c1ccc(O)cc1O)=C1C2=C[C@@]2(C)Oc3cc(O)ccc3C12. The van der Waals surface area contributed by atoms with E-state index < -0.39 is 5.60 Å². The molecule has 3 aromatic rings. The molecule has 2 atom stereocenters. The van der Waals surface area contributed by atoms with Crippen molar-refractivity contribution in [1.82, 2.24) is 0 Å². The van der Waals surface area contributed by atoms with Gasteiger partial charge in [-0.1, -0.05) is 30.9 Å². The Morgan fingerprint density at radius 2 is 1.69 bits per heavy atom. The summed E-state index contributed by atoms with van der Waals surface area (Å²) in [7, 11) is 0. The molecule has 3 aliphatic rings. The van der Waals surface area contributed by atoms with Crippen molar-refractivity contribution in [2.75, 3.05) is 6.61 Å². The summed E-state index contributed by atoms with van der Waals surface area (Å²) in [6, 6.07) is 12.6. The Balaban J connectivity index is 1.46. The van der Waals surface area contributed by atoms with Gasteiger partial charge in [0.1, 0.15) is 51.6 Å². The molecule has 42 heavy (non-hydrogen) atoms. The van der Waals surface area contributed by atoms with Crippen LogP contribution in [0.2, 0.25) is 0 Å². The summed E-state index contributed by atoms with van der Waals surface area (Å²) in [6.07, 6.45) is 9.58. The number of phenols is 4. The molecule has 0 fully saturated rings. The zero-order valence-corrected chi connectivity index (χ0v) is 22.6. The molecular weight excluding hydrogens is 536 g/mol. The van der Waals surface area contributed by atoms with E-state index in [-0.39, 0.29) is 41.3 Å². The topological polar surface area (TPSA) is 140 Å². The molecule has 3 aromatic carbocycles. The van der Waals surface area contributed by atoms with Crippen LogP contribution < -0.4 is 9.47 Å². The van der Waals surface area contributed by atoms with Crippen LogP contribution in [0.25, 0.3) is 17.4 Å². The van der Waals surface area contributed by atoms with Gasteiger partial charge in [-0.2, -0.15) is 0 Å². The average Bonchev–Trinajstić information content (AvgIpc) is 3.37. The zero-order chi connectivity index (χ0) is 29.8. The minimum atomic E-state index is -0.866. The Morgan fingerprint density at radius 1 is 0.929 bits per heavy atom. The first-order valence-electron chi connectivity index (χ1n) is 13.2. The maximum atomic E-state index is 11.3. The summed E-state index contributed by atoms with van der Waals surface area (Å²) in [4.78, 5) is 0. The van der Waals surface area contributed by atoms with E-state index in [1.807, 2.05) is 13.0 Å². The van der Waals surface area contributed by atoms with Crippen LogP contribution >= 0.6 is 0 Å². The Labute approximate surface area is 241 Å². The predicted octanol–water partition coefficient (Wildman–Crippen LogP) is 6.20. The quantitative estimate of drug-likeness (QED) is 0.154. The minimum Gasteiger partial charge on any atom is -0.508 e. The Morgan fingerprint density at radius 3 is 2.45 bits per heavy atom. The normalized spacial score (nSPS) is 20.6. The summed E-state index contributed by atoms with van der Waals surface area (Å²) < 4.78 is 12.8. The van der Waals surface area contributed by atoms with Crippen molar-refractivity contribution in [3.8, 4) is 34.5 Å². The van der Waals surface area contributed by atoms with Crippen LogP contribution in [0.3, 0.4) is 0 Å². The number of fused-ring (bicyclic) bond motifs is 7. The van der Waals surface area contributed by atoms with E-state index >= 15 is 0 Å². The van der Waals surface area contributed by atoms with Crippen molar-refractivity contribution in [2.45, 2.75) is 18.4 Å². The highest BCUT2D eigenvalue weighted by molar-refractivity contribution is 6.00. The number of rotatable bonds is 6. The van der Waals surface area contributed by atoms with Gasteiger partial charge in [0.25, 0.3) is 0 Å². The van der Waals surface area contributed by atoms with E-state index in [9.17, 15) is 25.5 Å². The number of aliphatic hydroxyl groups is 2. The second-order valence-corrected chi connectivity index (χ2v) is 10.5. The van der Waals surface area contributed by atoms with Gasteiger partial charge in [0.2, 0.25) is 0 Å². The van der Waals surface area contributed by atoms with E-state index in [1.54, 1.807) is 54.6 Å². The Bertz CT molecular complexity index is 1810. The van der Waals surface area contributed by atoms with Gasteiger partial charge in [-0.25, -0.2) is 0 Å². The van der Waals surface area contributed by atoms with Crippen molar-refractivity contribution in [1.29, 1.82) is 0 Å². The summed E-state index contributed by atoms with van der Waals surface area (Å²) in [5.74, 6) is 0.543. The first kappa shape index (κ1) is 26.9. The minimum absolute atomic E-state index is 0.0240. The molecule has 2 aliphatic heterocycles. The molecule has 0 saturated carbocycles. The second kappa shape index (κ2) is 9.94. The lowest BCUT2D eigenvalue weighted by atomic mass is 9.81. The molecule has 0 radical (unpaired) electrons. The monoisotopic (exact) mass is 564 g/mol. The predicted molar refractivity (Wildman–Crippen MR) is 158 cm³/mol. The number of hydrogen-bond donors (Lipinski definition) is 6. The van der Waals surface area contributed by atoms with Gasteiger partial charge in [0.05, 0.1) is 23.7 Å². The largest absolute Gasteiger partial charge is 0.508 e. The average molecular weight is 565 g/mol. The lowest BCUT2D eigenvalue weighted by Crippen LogP contribution is -2.29. The first-order valence-corrected chi connectivity index (χ1v) is 13.2. The fourth-order valence-electron chi connectivity index (χ4n) is 5.75. The third-order valence-electron chi connectivity index (χ3n) is 7.54. The fraction of sp³-hybridized carbons (Fsp3) is 0.118. The smallest absolute Gasteiger partial charge is 0.143 e. The van der Waals surface area contributed by atoms with Crippen LogP contribution in [0.4, 0.5) is 0 Å². The standard InChI is InChI=1S/C34H28O8/c1-18(4-6-20(36)11-12-35)3-5-19-13-27(40)30-25-17-34(2)32(24-10-8-22(38)16-28(24)42-34)31(25)33(41-29(30)14-19)23-9-7-21(37)15-26(23)39/h3-11,13-17,32,35-40H,1,12H2,2H3/b5-3-,6-4-,20-11+/t32?,34-/m1/s1. The molecule has 212 valence electrons. The van der Waals surface area contributed by atoms with Gasteiger partial charge in [-0.05, 0) is 72.2 Å². The highest BCUT2D eigenvalue weighted by atomic mass is 16.5. The Kier molecular flexibility index (Phi) is 6.35. The molecule has 2 heterocycles. The molecule has 1 aliphatic carbocycles. The molecule has 6 rings (SSSR count). The molecular formula is C34H28O8. The zero-order valence-electron chi connectivity index (χ0n) is 22.6. The maximum Gasteiger partial charge on any atom is 0.143 e. The van der Waals surface area contributed by atoms with Crippen molar-refractivity contribution in [2.24, 2.45) is 0 Å². The third kappa shape index (κ3) is 4.48. The van der Waals surface area contributed by atoms with Crippen LogP contribution in [-0.2, 0) is 0 Å². The van der Waals surface area contributed by atoms with Gasteiger partial charge < -0.3 is 40.1 Å².